The van der Waals surface area contributed by atoms with Crippen LogP contribution in [0.4, 0.5) is 0 Å². The molecule has 0 aromatic rings. The first kappa shape index (κ1) is 10.1. The van der Waals surface area contributed by atoms with Gasteiger partial charge in [0.15, 0.2) is 0 Å². The molecule has 0 aromatic carbocycles. The summed E-state index contributed by atoms with van der Waals surface area (Å²) in [5.41, 5.74) is 0.689. The molecule has 0 aromatic heterocycles. The summed E-state index contributed by atoms with van der Waals surface area (Å²) >= 11 is 0. The van der Waals surface area contributed by atoms with E-state index in [0.717, 1.165) is 23.7 Å². The van der Waals surface area contributed by atoms with Crippen LogP contribution in [-0.4, -0.2) is 0 Å². The van der Waals surface area contributed by atoms with Gasteiger partial charge in [-0.05, 0) is 35.5 Å². The first-order valence-corrected chi connectivity index (χ1v) is 5.43. The van der Waals surface area contributed by atoms with Crippen LogP contribution in [0.3, 0.4) is 0 Å². The molecule has 1 aliphatic rings. The molecule has 0 bridgehead atoms. The third-order valence-electron chi connectivity index (χ3n) is 4.06. The van der Waals surface area contributed by atoms with Crippen LogP contribution in [0.2, 0.25) is 0 Å². The number of rotatable bonds is 3. The van der Waals surface area contributed by atoms with Gasteiger partial charge >= 0.3 is 0 Å². The second kappa shape index (κ2) is 3.05. The molecule has 0 radical (unpaired) electrons. The molecule has 1 rings (SSSR count). The second-order valence-corrected chi connectivity index (χ2v) is 5.48. The van der Waals surface area contributed by atoms with E-state index in [1.54, 1.807) is 0 Å². The molecule has 0 heteroatoms. The molecule has 0 heterocycles. The van der Waals surface area contributed by atoms with Crippen molar-refractivity contribution in [1.82, 2.24) is 0 Å². The molecule has 0 saturated heterocycles. The molecule has 1 aliphatic carbocycles. The SMILES string of the molecule is CC(C)[C@@H]1CC1(C(C)C)C(C)C. The lowest BCUT2D eigenvalue weighted by Crippen LogP contribution is -2.21. The highest BCUT2D eigenvalue weighted by molar-refractivity contribution is 5.06. The molecule has 0 aliphatic heterocycles. The van der Waals surface area contributed by atoms with Crippen molar-refractivity contribution in [2.45, 2.75) is 48.0 Å². The van der Waals surface area contributed by atoms with E-state index >= 15 is 0 Å². The van der Waals surface area contributed by atoms with Crippen molar-refractivity contribution in [2.75, 3.05) is 0 Å². The Balaban J connectivity index is 2.69. The lowest BCUT2D eigenvalue weighted by atomic mass is 9.78. The summed E-state index contributed by atoms with van der Waals surface area (Å²) in [5, 5.41) is 0. The second-order valence-electron chi connectivity index (χ2n) is 5.48. The van der Waals surface area contributed by atoms with Gasteiger partial charge in [-0.1, -0.05) is 41.5 Å². The smallest absolute Gasteiger partial charge is 0.0218 e. The van der Waals surface area contributed by atoms with Crippen LogP contribution >= 0.6 is 0 Å². The van der Waals surface area contributed by atoms with Crippen molar-refractivity contribution in [3.8, 4) is 0 Å². The van der Waals surface area contributed by atoms with E-state index in [1.165, 1.54) is 6.42 Å². The van der Waals surface area contributed by atoms with Crippen LogP contribution in [0.25, 0.3) is 0 Å². The predicted octanol–water partition coefficient (Wildman–Crippen LogP) is 3.96. The van der Waals surface area contributed by atoms with Crippen LogP contribution in [0.1, 0.15) is 48.0 Å². The summed E-state index contributed by atoms with van der Waals surface area (Å²) in [5.74, 6) is 3.61. The molecule has 72 valence electrons. The normalized spacial score (nSPS) is 27.2. The molecule has 0 amide bonds. The zero-order valence-corrected chi connectivity index (χ0v) is 9.52. The van der Waals surface area contributed by atoms with Crippen LogP contribution < -0.4 is 0 Å². The Morgan fingerprint density at radius 1 is 0.917 bits per heavy atom. The van der Waals surface area contributed by atoms with Gasteiger partial charge in [0.1, 0.15) is 0 Å². The molecule has 0 unspecified atom stereocenters. The highest BCUT2D eigenvalue weighted by Gasteiger charge is 2.58. The van der Waals surface area contributed by atoms with Crippen molar-refractivity contribution < 1.29 is 0 Å². The van der Waals surface area contributed by atoms with Crippen LogP contribution in [0, 0.1) is 29.1 Å². The highest BCUT2D eigenvalue weighted by Crippen LogP contribution is 2.65. The third kappa shape index (κ3) is 1.30. The summed E-state index contributed by atoms with van der Waals surface area (Å²) < 4.78 is 0. The maximum Gasteiger partial charge on any atom is -0.0218 e. The van der Waals surface area contributed by atoms with Gasteiger partial charge in [-0.2, -0.15) is 0 Å². The lowest BCUT2D eigenvalue weighted by molar-refractivity contribution is 0.212. The van der Waals surface area contributed by atoms with Gasteiger partial charge in [0.2, 0.25) is 0 Å². The maximum atomic E-state index is 2.39. The van der Waals surface area contributed by atoms with Crippen LogP contribution in [-0.2, 0) is 0 Å². The quantitative estimate of drug-likeness (QED) is 0.598. The molecule has 0 nitrogen and oxygen atoms in total. The van der Waals surface area contributed by atoms with Gasteiger partial charge in [0.25, 0.3) is 0 Å². The Labute approximate surface area is 77.7 Å². The van der Waals surface area contributed by atoms with E-state index < -0.39 is 0 Å². The summed E-state index contributed by atoms with van der Waals surface area (Å²) in [7, 11) is 0. The van der Waals surface area contributed by atoms with Gasteiger partial charge in [0, 0.05) is 0 Å². The fourth-order valence-corrected chi connectivity index (χ4v) is 3.17. The molecule has 12 heavy (non-hydrogen) atoms. The van der Waals surface area contributed by atoms with Crippen molar-refractivity contribution in [3.05, 3.63) is 0 Å². The lowest BCUT2D eigenvalue weighted by Gasteiger charge is -2.27. The van der Waals surface area contributed by atoms with E-state index in [4.69, 9.17) is 0 Å². The molecular formula is C12H24. The minimum atomic E-state index is 0.689. The van der Waals surface area contributed by atoms with Crippen molar-refractivity contribution in [1.29, 1.82) is 0 Å². The predicted molar refractivity (Wildman–Crippen MR) is 55.1 cm³/mol. The first-order chi connectivity index (χ1) is 5.43. The monoisotopic (exact) mass is 168 g/mol. The molecule has 0 spiro atoms. The average molecular weight is 168 g/mol. The van der Waals surface area contributed by atoms with Crippen molar-refractivity contribution in [3.63, 3.8) is 0 Å². The summed E-state index contributed by atoms with van der Waals surface area (Å²) in [4.78, 5) is 0. The van der Waals surface area contributed by atoms with Crippen molar-refractivity contribution >= 4 is 0 Å². The Bertz CT molecular complexity index is 145. The van der Waals surface area contributed by atoms with Gasteiger partial charge in [-0.3, -0.25) is 0 Å². The Hall–Kier alpha value is 0. The fraction of sp³-hybridized carbons (Fsp3) is 1.00. The van der Waals surface area contributed by atoms with E-state index in [9.17, 15) is 0 Å². The topological polar surface area (TPSA) is 0 Å². The summed E-state index contributed by atoms with van der Waals surface area (Å²) in [6.07, 6.45) is 1.47. The molecule has 1 saturated carbocycles. The van der Waals surface area contributed by atoms with E-state index in [1.807, 2.05) is 0 Å². The average Bonchev–Trinajstić information content (AvgIpc) is 2.60. The standard InChI is InChI=1S/C12H24/c1-8(2)11-7-12(11,9(3)4)10(5)6/h8-11H,7H2,1-6H3/t11-/m0/s1. The van der Waals surface area contributed by atoms with E-state index in [2.05, 4.69) is 41.5 Å². The zero-order chi connectivity index (χ0) is 9.52. The van der Waals surface area contributed by atoms with E-state index in [0.29, 0.717) is 5.41 Å². The van der Waals surface area contributed by atoms with Crippen LogP contribution in [0.15, 0.2) is 0 Å². The minimum absolute atomic E-state index is 0.689. The molecule has 1 atom stereocenters. The maximum absolute atomic E-state index is 2.39. The Morgan fingerprint density at radius 2 is 1.33 bits per heavy atom. The Morgan fingerprint density at radius 3 is 1.42 bits per heavy atom. The fourth-order valence-electron chi connectivity index (χ4n) is 3.17. The Kier molecular flexibility index (Phi) is 2.56. The minimum Gasteiger partial charge on any atom is -0.0625 e. The third-order valence-corrected chi connectivity index (χ3v) is 4.06. The van der Waals surface area contributed by atoms with Gasteiger partial charge in [-0.25, -0.2) is 0 Å². The van der Waals surface area contributed by atoms with Crippen molar-refractivity contribution in [2.24, 2.45) is 29.1 Å². The molecular weight excluding hydrogens is 144 g/mol. The number of hydrogen-bond acceptors (Lipinski definition) is 0. The van der Waals surface area contributed by atoms with Gasteiger partial charge < -0.3 is 0 Å². The highest BCUT2D eigenvalue weighted by atomic mass is 14.6. The van der Waals surface area contributed by atoms with Gasteiger partial charge in [-0.15, -0.1) is 0 Å². The van der Waals surface area contributed by atoms with Gasteiger partial charge in [0.05, 0.1) is 0 Å². The summed E-state index contributed by atoms with van der Waals surface area (Å²) in [6.45, 7) is 14.3. The molecule has 1 fully saturated rings. The first-order valence-electron chi connectivity index (χ1n) is 5.43. The zero-order valence-electron chi connectivity index (χ0n) is 9.52. The largest absolute Gasteiger partial charge is 0.0625 e. The summed E-state index contributed by atoms with van der Waals surface area (Å²) in [6, 6.07) is 0. The molecule has 0 N–H and O–H groups in total. The van der Waals surface area contributed by atoms with E-state index in [-0.39, 0.29) is 0 Å². The number of hydrogen-bond donors (Lipinski definition) is 0. The van der Waals surface area contributed by atoms with Crippen LogP contribution in [0.5, 0.6) is 0 Å².